The summed E-state index contributed by atoms with van der Waals surface area (Å²) in [6.07, 6.45) is 2.85. The molecule has 0 bridgehead atoms. The van der Waals surface area contributed by atoms with Crippen LogP contribution in [0.1, 0.15) is 35.1 Å². The van der Waals surface area contributed by atoms with Gasteiger partial charge in [0.15, 0.2) is 5.82 Å². The van der Waals surface area contributed by atoms with E-state index in [9.17, 15) is 9.90 Å². The van der Waals surface area contributed by atoms with Crippen LogP contribution in [0, 0.1) is 11.8 Å². The lowest BCUT2D eigenvalue weighted by molar-refractivity contribution is 0.0281. The zero-order valence-electron chi connectivity index (χ0n) is 15.6. The highest BCUT2D eigenvalue weighted by Crippen LogP contribution is 2.67. The van der Waals surface area contributed by atoms with Gasteiger partial charge in [0.05, 0.1) is 28.3 Å². The molecular formula is C21H17Cl2N5O2. The summed E-state index contributed by atoms with van der Waals surface area (Å²) in [6.45, 7) is 0. The normalized spacial score (nSPS) is 27.6. The van der Waals surface area contributed by atoms with Gasteiger partial charge in [0.1, 0.15) is 0 Å². The van der Waals surface area contributed by atoms with Gasteiger partial charge < -0.3 is 15.4 Å². The number of benzene rings is 2. The van der Waals surface area contributed by atoms with Crippen LogP contribution in [0.4, 0.5) is 0 Å². The number of amides is 1. The Morgan fingerprint density at radius 3 is 2.70 bits per heavy atom. The maximum Gasteiger partial charge on any atom is 0.284 e. The molecule has 152 valence electrons. The Balaban J connectivity index is 1.38. The molecule has 9 heteroatoms. The molecule has 2 aliphatic carbocycles. The first-order chi connectivity index (χ1) is 14.4. The molecule has 0 aliphatic heterocycles. The summed E-state index contributed by atoms with van der Waals surface area (Å²) in [5, 5.41) is 20.5. The topological polar surface area (TPSA) is 110 Å². The first kappa shape index (κ1) is 18.2. The number of nitrogens with two attached hydrogens (primary N) is 1. The monoisotopic (exact) mass is 441 g/mol. The summed E-state index contributed by atoms with van der Waals surface area (Å²) >= 11 is 12.4. The minimum Gasteiger partial charge on any atom is -0.385 e. The van der Waals surface area contributed by atoms with Gasteiger partial charge in [-0.15, -0.1) is 0 Å². The van der Waals surface area contributed by atoms with Crippen molar-refractivity contribution in [3.8, 4) is 0 Å². The van der Waals surface area contributed by atoms with E-state index in [1.165, 1.54) is 0 Å². The van der Waals surface area contributed by atoms with Crippen molar-refractivity contribution >= 4 is 51.0 Å². The number of H-pyrrole nitrogens is 1. The fourth-order valence-electron chi connectivity index (χ4n) is 5.38. The van der Waals surface area contributed by atoms with Crippen LogP contribution in [0.25, 0.3) is 21.9 Å². The van der Waals surface area contributed by atoms with E-state index in [-0.39, 0.29) is 23.7 Å². The van der Waals surface area contributed by atoms with E-state index in [2.05, 4.69) is 15.2 Å². The van der Waals surface area contributed by atoms with Crippen molar-refractivity contribution in [1.82, 2.24) is 19.7 Å². The number of primary amides is 1. The van der Waals surface area contributed by atoms with Gasteiger partial charge in [-0.05, 0) is 60.6 Å². The van der Waals surface area contributed by atoms with E-state index >= 15 is 0 Å². The molecule has 0 radical (unpaired) electrons. The molecule has 2 aromatic heterocycles. The third-order valence-corrected chi connectivity index (χ3v) is 7.08. The van der Waals surface area contributed by atoms with Crippen LogP contribution in [0.2, 0.25) is 10.0 Å². The van der Waals surface area contributed by atoms with Gasteiger partial charge in [-0.1, -0.05) is 23.2 Å². The summed E-state index contributed by atoms with van der Waals surface area (Å²) in [7, 11) is 0. The van der Waals surface area contributed by atoms with Crippen molar-refractivity contribution < 1.29 is 9.90 Å². The number of hydrogen-bond donors (Lipinski definition) is 3. The Hall–Kier alpha value is -2.61. The summed E-state index contributed by atoms with van der Waals surface area (Å²) in [5.74, 6) is 0.0805. The van der Waals surface area contributed by atoms with Gasteiger partial charge in [0.2, 0.25) is 0 Å². The van der Waals surface area contributed by atoms with Gasteiger partial charge in [-0.2, -0.15) is 5.10 Å². The molecule has 0 spiro atoms. The van der Waals surface area contributed by atoms with Crippen LogP contribution in [0.3, 0.4) is 0 Å². The van der Waals surface area contributed by atoms with E-state index in [0.29, 0.717) is 28.4 Å². The Morgan fingerprint density at radius 1 is 1.20 bits per heavy atom. The van der Waals surface area contributed by atoms with E-state index in [1.54, 1.807) is 24.4 Å². The first-order valence-electron chi connectivity index (χ1n) is 9.68. The number of nitrogens with zero attached hydrogens (tertiary/aromatic N) is 3. The molecule has 4 aromatic rings. The zero-order valence-corrected chi connectivity index (χ0v) is 17.2. The molecule has 2 fully saturated rings. The molecule has 2 heterocycles. The number of fused-ring (bicyclic) bond motifs is 3. The molecule has 6 rings (SSSR count). The van der Waals surface area contributed by atoms with Crippen LogP contribution in [0.5, 0.6) is 0 Å². The first-order valence-corrected chi connectivity index (χ1v) is 10.4. The van der Waals surface area contributed by atoms with Crippen LogP contribution in [0.15, 0.2) is 36.5 Å². The molecule has 2 aromatic carbocycles. The Kier molecular flexibility index (Phi) is 3.62. The standard InChI is InChI=1S/C21H17Cl2N5O2/c22-9-1-2-17-16(4-9)26-20(19(24)29)28(17)18-11-6-21(30,7-12(11)18)14-3-10(23)5-15-13(14)8-25-27-15/h1-5,8,11-12,18,30H,6-7H2,(H2,24,29)(H,25,27). The van der Waals surface area contributed by atoms with Crippen molar-refractivity contribution in [2.45, 2.75) is 24.5 Å². The number of hydrogen-bond acceptors (Lipinski definition) is 4. The fraction of sp³-hybridized carbons (Fsp3) is 0.286. The number of aromatic nitrogens is 4. The van der Waals surface area contributed by atoms with E-state index in [4.69, 9.17) is 28.9 Å². The smallest absolute Gasteiger partial charge is 0.284 e. The van der Waals surface area contributed by atoms with E-state index < -0.39 is 11.5 Å². The minimum absolute atomic E-state index is 0.0676. The number of carbonyl (C=O) groups excluding carboxylic acids is 1. The molecule has 4 N–H and O–H groups in total. The lowest BCUT2D eigenvalue weighted by Gasteiger charge is -2.28. The molecule has 7 nitrogen and oxygen atoms in total. The summed E-state index contributed by atoms with van der Waals surface area (Å²) in [5.41, 5.74) is 7.69. The number of imidazole rings is 1. The molecule has 2 saturated carbocycles. The lowest BCUT2D eigenvalue weighted by atomic mass is 9.86. The molecule has 2 aliphatic rings. The number of halogens is 2. The number of nitrogens with one attached hydrogen (secondary N) is 1. The molecule has 30 heavy (non-hydrogen) atoms. The number of carbonyl (C=O) groups is 1. The summed E-state index contributed by atoms with van der Waals surface area (Å²) in [6, 6.07) is 9.07. The van der Waals surface area contributed by atoms with Crippen molar-refractivity contribution in [3.63, 3.8) is 0 Å². The molecule has 2 atom stereocenters. The van der Waals surface area contributed by atoms with Gasteiger partial charge in [-0.25, -0.2) is 4.98 Å². The van der Waals surface area contributed by atoms with Gasteiger partial charge in [0, 0.05) is 21.5 Å². The molecule has 1 amide bonds. The maximum absolute atomic E-state index is 12.1. The van der Waals surface area contributed by atoms with Crippen LogP contribution >= 0.6 is 23.2 Å². The quantitative estimate of drug-likeness (QED) is 0.449. The van der Waals surface area contributed by atoms with Gasteiger partial charge >= 0.3 is 0 Å². The molecular weight excluding hydrogens is 425 g/mol. The number of aliphatic hydroxyl groups is 1. The zero-order chi connectivity index (χ0) is 20.8. The van der Waals surface area contributed by atoms with Gasteiger partial charge in [0.25, 0.3) is 5.91 Å². The Labute approximate surface area is 180 Å². The highest BCUT2D eigenvalue weighted by molar-refractivity contribution is 6.31. The summed E-state index contributed by atoms with van der Waals surface area (Å²) < 4.78 is 1.92. The van der Waals surface area contributed by atoms with Crippen molar-refractivity contribution in [2.75, 3.05) is 0 Å². The summed E-state index contributed by atoms with van der Waals surface area (Å²) in [4.78, 5) is 16.5. The van der Waals surface area contributed by atoms with Crippen molar-refractivity contribution in [3.05, 3.63) is 58.0 Å². The average molecular weight is 442 g/mol. The van der Waals surface area contributed by atoms with Crippen LogP contribution < -0.4 is 5.73 Å². The van der Waals surface area contributed by atoms with Gasteiger partial charge in [-0.3, -0.25) is 9.89 Å². The number of rotatable bonds is 3. The van der Waals surface area contributed by atoms with Crippen LogP contribution in [-0.4, -0.2) is 30.8 Å². The van der Waals surface area contributed by atoms with Crippen molar-refractivity contribution in [2.24, 2.45) is 17.6 Å². The molecule has 0 saturated heterocycles. The lowest BCUT2D eigenvalue weighted by Crippen LogP contribution is -2.26. The average Bonchev–Trinajstić information content (AvgIpc) is 3.10. The maximum atomic E-state index is 12.1. The fourth-order valence-corrected chi connectivity index (χ4v) is 5.77. The number of aromatic amines is 1. The Morgan fingerprint density at radius 2 is 1.97 bits per heavy atom. The van der Waals surface area contributed by atoms with E-state index in [0.717, 1.165) is 22.0 Å². The largest absolute Gasteiger partial charge is 0.385 e. The third kappa shape index (κ3) is 2.46. The van der Waals surface area contributed by atoms with E-state index in [1.807, 2.05) is 16.7 Å². The van der Waals surface area contributed by atoms with Crippen LogP contribution in [-0.2, 0) is 5.60 Å². The molecule has 2 unspecified atom stereocenters. The Bertz CT molecular complexity index is 1350. The second kappa shape index (κ2) is 5.97. The highest BCUT2D eigenvalue weighted by Gasteiger charge is 2.63. The SMILES string of the molecule is NC(=O)c1nc2cc(Cl)ccc2n1C1C2CC(O)(c3cc(Cl)cc4[nH]ncc34)CC21. The second-order valence-electron chi connectivity index (χ2n) is 8.35. The second-order valence-corrected chi connectivity index (χ2v) is 9.22. The minimum atomic E-state index is -0.995. The van der Waals surface area contributed by atoms with Crippen molar-refractivity contribution in [1.29, 1.82) is 0 Å². The predicted molar refractivity (Wildman–Crippen MR) is 114 cm³/mol. The highest BCUT2D eigenvalue weighted by atomic mass is 35.5. The predicted octanol–water partition coefficient (Wildman–Crippen LogP) is 3.79. The third-order valence-electron chi connectivity index (χ3n) is 6.63.